The van der Waals surface area contributed by atoms with Crippen molar-refractivity contribution in [2.24, 2.45) is 5.41 Å². The number of hydrogen-bond donors (Lipinski definition) is 1. The molecule has 1 aromatic carbocycles. The molecule has 0 saturated carbocycles. The van der Waals surface area contributed by atoms with Crippen LogP contribution in [0.3, 0.4) is 0 Å². The number of nitrogens with zero attached hydrogens (tertiary/aromatic N) is 1. The highest BCUT2D eigenvalue weighted by molar-refractivity contribution is 5.32. The van der Waals surface area contributed by atoms with Gasteiger partial charge in [-0.15, -0.1) is 0 Å². The molecular formula is C18H30N2. The minimum absolute atomic E-state index is 0.437. The van der Waals surface area contributed by atoms with Crippen LogP contribution in [0.25, 0.3) is 0 Å². The monoisotopic (exact) mass is 274 g/mol. The van der Waals surface area contributed by atoms with Crippen LogP contribution >= 0.6 is 0 Å². The quantitative estimate of drug-likeness (QED) is 0.901. The van der Waals surface area contributed by atoms with Crippen LogP contribution in [-0.2, 0) is 0 Å². The van der Waals surface area contributed by atoms with Crippen molar-refractivity contribution in [2.75, 3.05) is 26.7 Å². The maximum absolute atomic E-state index is 3.77. The van der Waals surface area contributed by atoms with E-state index in [4.69, 9.17) is 0 Å². The van der Waals surface area contributed by atoms with E-state index >= 15 is 0 Å². The van der Waals surface area contributed by atoms with Gasteiger partial charge in [-0.3, -0.25) is 0 Å². The van der Waals surface area contributed by atoms with E-state index in [0.29, 0.717) is 11.5 Å². The molecule has 0 aliphatic carbocycles. The van der Waals surface area contributed by atoms with Crippen molar-refractivity contribution < 1.29 is 0 Å². The SMILES string of the molecule is Cc1ccc(C(C)NCC2(C)CCN(C)CC2)c(C)c1. The average Bonchev–Trinajstić information content (AvgIpc) is 2.40. The molecule has 1 aliphatic rings. The fourth-order valence-electron chi connectivity index (χ4n) is 3.16. The zero-order valence-electron chi connectivity index (χ0n) is 13.8. The summed E-state index contributed by atoms with van der Waals surface area (Å²) in [7, 11) is 2.23. The normalized spacial score (nSPS) is 20.9. The molecule has 2 heteroatoms. The maximum atomic E-state index is 3.77. The Hall–Kier alpha value is -0.860. The highest BCUT2D eigenvalue weighted by atomic mass is 15.1. The summed E-state index contributed by atoms with van der Waals surface area (Å²) >= 11 is 0. The molecule has 1 heterocycles. The van der Waals surface area contributed by atoms with Crippen molar-refractivity contribution in [1.29, 1.82) is 0 Å². The summed E-state index contributed by atoms with van der Waals surface area (Å²) in [5.41, 5.74) is 4.64. The van der Waals surface area contributed by atoms with E-state index in [1.807, 2.05) is 0 Å². The van der Waals surface area contributed by atoms with Crippen LogP contribution < -0.4 is 5.32 Å². The predicted molar refractivity (Wildman–Crippen MR) is 87.2 cm³/mol. The van der Waals surface area contributed by atoms with Crippen molar-refractivity contribution in [3.8, 4) is 0 Å². The first kappa shape index (κ1) is 15.5. The van der Waals surface area contributed by atoms with Gasteiger partial charge in [0.1, 0.15) is 0 Å². The molecule has 1 aromatic rings. The number of nitrogens with one attached hydrogen (secondary N) is 1. The Labute approximate surface area is 124 Å². The molecule has 0 bridgehead atoms. The highest BCUT2D eigenvalue weighted by Gasteiger charge is 2.29. The Morgan fingerprint density at radius 3 is 2.50 bits per heavy atom. The number of likely N-dealkylation sites (tertiary alicyclic amines) is 1. The Kier molecular flexibility index (Phi) is 4.87. The molecule has 0 amide bonds. The van der Waals surface area contributed by atoms with Crippen molar-refractivity contribution >= 4 is 0 Å². The van der Waals surface area contributed by atoms with Gasteiger partial charge in [0.05, 0.1) is 0 Å². The fourth-order valence-corrected chi connectivity index (χ4v) is 3.16. The molecule has 0 radical (unpaired) electrons. The van der Waals surface area contributed by atoms with Crippen molar-refractivity contribution in [2.45, 2.75) is 46.6 Å². The van der Waals surface area contributed by atoms with Gasteiger partial charge in [-0.05, 0) is 70.3 Å². The zero-order chi connectivity index (χ0) is 14.8. The van der Waals surface area contributed by atoms with Crippen LogP contribution in [0.5, 0.6) is 0 Å². The average molecular weight is 274 g/mol. The molecule has 2 rings (SSSR count). The second kappa shape index (κ2) is 6.28. The minimum Gasteiger partial charge on any atom is -0.310 e. The second-order valence-corrected chi connectivity index (χ2v) is 7.08. The number of hydrogen-bond acceptors (Lipinski definition) is 2. The summed E-state index contributed by atoms with van der Waals surface area (Å²) < 4.78 is 0. The molecule has 1 saturated heterocycles. The van der Waals surface area contributed by atoms with Gasteiger partial charge in [-0.25, -0.2) is 0 Å². The van der Waals surface area contributed by atoms with Gasteiger partial charge in [-0.1, -0.05) is 30.7 Å². The maximum Gasteiger partial charge on any atom is 0.0294 e. The number of benzene rings is 1. The summed E-state index contributed by atoms with van der Waals surface area (Å²) in [6, 6.07) is 7.22. The van der Waals surface area contributed by atoms with Gasteiger partial charge in [0.2, 0.25) is 0 Å². The Balaban J connectivity index is 1.93. The summed E-state index contributed by atoms with van der Waals surface area (Å²) in [5.74, 6) is 0. The summed E-state index contributed by atoms with van der Waals surface area (Å²) in [4.78, 5) is 2.44. The van der Waals surface area contributed by atoms with E-state index in [9.17, 15) is 0 Å². The van der Waals surface area contributed by atoms with Gasteiger partial charge in [0, 0.05) is 12.6 Å². The third kappa shape index (κ3) is 3.83. The number of piperidine rings is 1. The molecule has 1 fully saturated rings. The van der Waals surface area contributed by atoms with E-state index in [2.05, 4.69) is 63.2 Å². The second-order valence-electron chi connectivity index (χ2n) is 7.08. The topological polar surface area (TPSA) is 15.3 Å². The first-order valence-electron chi connectivity index (χ1n) is 7.89. The van der Waals surface area contributed by atoms with Crippen LogP contribution in [0.2, 0.25) is 0 Å². The molecule has 0 aromatic heterocycles. The lowest BCUT2D eigenvalue weighted by Crippen LogP contribution is -2.42. The molecule has 1 N–H and O–H groups in total. The third-order valence-electron chi connectivity index (χ3n) is 4.92. The van der Waals surface area contributed by atoms with Crippen LogP contribution in [0.1, 0.15) is 49.4 Å². The first-order valence-corrected chi connectivity index (χ1v) is 7.89. The molecule has 0 spiro atoms. The molecule has 112 valence electrons. The molecular weight excluding hydrogens is 244 g/mol. The zero-order valence-corrected chi connectivity index (χ0v) is 13.8. The van der Waals surface area contributed by atoms with Crippen molar-refractivity contribution in [1.82, 2.24) is 10.2 Å². The highest BCUT2D eigenvalue weighted by Crippen LogP contribution is 2.30. The number of aryl methyl sites for hydroxylation is 2. The van der Waals surface area contributed by atoms with Crippen LogP contribution in [0.4, 0.5) is 0 Å². The van der Waals surface area contributed by atoms with Gasteiger partial charge < -0.3 is 10.2 Å². The lowest BCUT2D eigenvalue weighted by molar-refractivity contribution is 0.134. The summed E-state index contributed by atoms with van der Waals surface area (Å²) in [6.45, 7) is 12.7. The lowest BCUT2D eigenvalue weighted by atomic mass is 9.80. The van der Waals surface area contributed by atoms with Crippen LogP contribution in [-0.4, -0.2) is 31.6 Å². The van der Waals surface area contributed by atoms with E-state index in [1.165, 1.54) is 42.6 Å². The Bertz CT molecular complexity index is 445. The number of rotatable bonds is 4. The fraction of sp³-hybridized carbons (Fsp3) is 0.667. The molecule has 20 heavy (non-hydrogen) atoms. The van der Waals surface area contributed by atoms with E-state index < -0.39 is 0 Å². The van der Waals surface area contributed by atoms with Crippen molar-refractivity contribution in [3.05, 3.63) is 34.9 Å². The van der Waals surface area contributed by atoms with Gasteiger partial charge in [0.25, 0.3) is 0 Å². The molecule has 1 aliphatic heterocycles. The Morgan fingerprint density at radius 2 is 1.90 bits per heavy atom. The van der Waals surface area contributed by atoms with E-state index in [0.717, 1.165) is 6.54 Å². The first-order chi connectivity index (χ1) is 9.39. The van der Waals surface area contributed by atoms with Gasteiger partial charge in [-0.2, -0.15) is 0 Å². The van der Waals surface area contributed by atoms with Crippen LogP contribution in [0, 0.1) is 19.3 Å². The van der Waals surface area contributed by atoms with Crippen molar-refractivity contribution in [3.63, 3.8) is 0 Å². The predicted octanol–water partition coefficient (Wildman–Crippen LogP) is 3.69. The third-order valence-corrected chi connectivity index (χ3v) is 4.92. The standard InChI is InChI=1S/C18H30N2/c1-14-6-7-17(15(2)12-14)16(3)19-13-18(4)8-10-20(5)11-9-18/h6-7,12,16,19H,8-11,13H2,1-5H3. The summed E-state index contributed by atoms with van der Waals surface area (Å²) in [6.07, 6.45) is 2.60. The molecule has 2 nitrogen and oxygen atoms in total. The molecule has 1 atom stereocenters. The minimum atomic E-state index is 0.437. The van der Waals surface area contributed by atoms with E-state index in [-0.39, 0.29) is 0 Å². The van der Waals surface area contributed by atoms with E-state index in [1.54, 1.807) is 0 Å². The van der Waals surface area contributed by atoms with Gasteiger partial charge in [0.15, 0.2) is 0 Å². The largest absolute Gasteiger partial charge is 0.310 e. The molecule has 1 unspecified atom stereocenters. The smallest absolute Gasteiger partial charge is 0.0294 e. The summed E-state index contributed by atoms with van der Waals surface area (Å²) in [5, 5.41) is 3.77. The lowest BCUT2D eigenvalue weighted by Gasteiger charge is -2.39. The van der Waals surface area contributed by atoms with Gasteiger partial charge >= 0.3 is 0 Å². The Morgan fingerprint density at radius 1 is 1.25 bits per heavy atom. The van der Waals surface area contributed by atoms with Crippen LogP contribution in [0.15, 0.2) is 18.2 Å².